The number of benzene rings is 3. The number of hydrogen-bond acceptors (Lipinski definition) is 11. The van der Waals surface area contributed by atoms with E-state index in [1.54, 1.807) is 18.2 Å². The molecule has 1 unspecified atom stereocenters. The average molecular weight is 552 g/mol. The van der Waals surface area contributed by atoms with Crippen molar-refractivity contribution in [3.8, 4) is 6.07 Å². The molecule has 1 fully saturated rings. The van der Waals surface area contributed by atoms with E-state index in [1.807, 2.05) is 0 Å². The first-order chi connectivity index (χ1) is 19.7. The summed E-state index contributed by atoms with van der Waals surface area (Å²) >= 11 is 0. The fourth-order valence-electron chi connectivity index (χ4n) is 4.95. The number of ketones is 3. The molecule has 5 atom stereocenters. The SMILES string of the molecule is N#CC1=C([O-])N([C@@H]2O[C@H](C(O)C(=O)c3ccccc3)[C@](O)(C(=O)c3ccccc3)[C@]2(O)C(=O)c2ccccc2)[C+]=N1. The standard InChI is InChI=1S/C30H21N3O8/c31-16-21-27(38)33(17-32-21)28-30(40,25(37)20-14-8-3-9-15-20)29(39,24(36)19-12-6-2-7-13-19)26(41-28)23(35)22(34)18-10-4-1-5-11-18/h1-15,23,26,28,35,39-40H/t23?,26-,28-,29-,30+/m1/s1. The Morgan fingerprint density at radius 2 is 1.34 bits per heavy atom. The van der Waals surface area contributed by atoms with Gasteiger partial charge in [-0.25, -0.2) is 0 Å². The third kappa shape index (κ3) is 4.20. The summed E-state index contributed by atoms with van der Waals surface area (Å²) in [7, 11) is 0. The van der Waals surface area contributed by atoms with E-state index in [9.17, 15) is 40.1 Å². The Morgan fingerprint density at radius 1 is 0.878 bits per heavy atom. The van der Waals surface area contributed by atoms with Gasteiger partial charge in [0.2, 0.25) is 29.5 Å². The quantitative estimate of drug-likeness (QED) is 0.262. The molecule has 0 aromatic heterocycles. The van der Waals surface area contributed by atoms with E-state index in [1.165, 1.54) is 78.9 Å². The zero-order valence-electron chi connectivity index (χ0n) is 21.1. The zero-order valence-corrected chi connectivity index (χ0v) is 21.1. The summed E-state index contributed by atoms with van der Waals surface area (Å²) in [5.41, 5.74) is -7.78. The van der Waals surface area contributed by atoms with Crippen LogP contribution < -0.4 is 5.11 Å². The molecule has 0 aliphatic carbocycles. The summed E-state index contributed by atoms with van der Waals surface area (Å²) in [4.78, 5) is 45.5. The third-order valence-electron chi connectivity index (χ3n) is 7.04. The van der Waals surface area contributed by atoms with Crippen molar-refractivity contribution in [1.82, 2.24) is 4.90 Å². The fraction of sp³-hybridized carbons (Fsp3) is 0.167. The predicted octanol–water partition coefficient (Wildman–Crippen LogP) is 0.457. The van der Waals surface area contributed by atoms with Crippen molar-refractivity contribution in [1.29, 1.82) is 5.26 Å². The number of aliphatic hydroxyl groups is 3. The highest BCUT2D eigenvalue weighted by Crippen LogP contribution is 2.47. The molecule has 11 heteroatoms. The number of aliphatic imine (C=N–C) groups is 1. The Labute approximate surface area is 233 Å². The molecule has 0 bridgehead atoms. The Balaban J connectivity index is 1.74. The van der Waals surface area contributed by atoms with Gasteiger partial charge >= 0.3 is 5.70 Å². The monoisotopic (exact) mass is 551 g/mol. The maximum Gasteiger partial charge on any atom is 0.315 e. The number of carbonyl (C=O) groups is 3. The van der Waals surface area contributed by atoms with Crippen molar-refractivity contribution in [2.24, 2.45) is 4.99 Å². The van der Waals surface area contributed by atoms with Crippen LogP contribution in [0.15, 0.2) is 108 Å². The number of Topliss-reactive ketones (excluding diaryl/α,β-unsaturated/α-hetero) is 3. The second-order valence-electron chi connectivity index (χ2n) is 9.35. The number of carbonyl (C=O) groups excluding carboxylic acids is 3. The molecule has 41 heavy (non-hydrogen) atoms. The number of rotatable bonds is 8. The topological polar surface area (TPSA) is 184 Å². The molecular weight excluding hydrogens is 530 g/mol. The normalized spacial score (nSPS) is 25.9. The maximum absolute atomic E-state index is 14.1. The second-order valence-corrected chi connectivity index (χ2v) is 9.35. The maximum atomic E-state index is 14.1. The number of hydrogen-bond donors (Lipinski definition) is 3. The van der Waals surface area contributed by atoms with Crippen LogP contribution in [0, 0.1) is 11.3 Å². The molecule has 2 aliphatic heterocycles. The summed E-state index contributed by atoms with van der Waals surface area (Å²) in [5, 5.41) is 58.1. The van der Waals surface area contributed by atoms with E-state index in [-0.39, 0.29) is 16.7 Å². The first kappa shape index (κ1) is 27.5. The Bertz CT molecular complexity index is 1600. The molecule has 1 saturated heterocycles. The van der Waals surface area contributed by atoms with E-state index in [0.717, 1.165) is 0 Å². The Morgan fingerprint density at radius 3 is 1.80 bits per heavy atom. The lowest BCUT2D eigenvalue weighted by Gasteiger charge is -2.39. The smallest absolute Gasteiger partial charge is 0.315 e. The van der Waals surface area contributed by atoms with E-state index in [0.29, 0.717) is 4.90 Å². The van der Waals surface area contributed by atoms with Gasteiger partial charge in [-0.3, -0.25) is 14.4 Å². The third-order valence-corrected chi connectivity index (χ3v) is 7.04. The molecule has 3 aromatic rings. The molecule has 5 rings (SSSR count). The largest absolute Gasteiger partial charge is 0.788 e. The van der Waals surface area contributed by atoms with Gasteiger partial charge in [-0.05, 0) is 4.99 Å². The Hall–Kier alpha value is -5.08. The van der Waals surface area contributed by atoms with Crippen LogP contribution in [0.4, 0.5) is 0 Å². The highest BCUT2D eigenvalue weighted by Gasteiger charge is 2.77. The van der Waals surface area contributed by atoms with Gasteiger partial charge < -0.3 is 25.2 Å². The van der Waals surface area contributed by atoms with Gasteiger partial charge in [-0.2, -0.15) is 5.26 Å². The van der Waals surface area contributed by atoms with Gasteiger partial charge in [0.05, 0.1) is 0 Å². The minimum Gasteiger partial charge on any atom is -0.788 e. The molecule has 204 valence electrons. The molecule has 3 aromatic carbocycles. The predicted molar refractivity (Wildman–Crippen MR) is 139 cm³/mol. The van der Waals surface area contributed by atoms with Crippen molar-refractivity contribution >= 4 is 23.7 Å². The van der Waals surface area contributed by atoms with Crippen LogP contribution in [0.3, 0.4) is 0 Å². The molecule has 2 aliphatic rings. The summed E-state index contributed by atoms with van der Waals surface area (Å²) in [5.74, 6) is -4.70. The van der Waals surface area contributed by atoms with Gasteiger partial charge in [0.1, 0.15) is 12.2 Å². The van der Waals surface area contributed by atoms with Crippen molar-refractivity contribution in [3.63, 3.8) is 0 Å². The average Bonchev–Trinajstić information content (AvgIpc) is 3.51. The van der Waals surface area contributed by atoms with E-state index in [4.69, 9.17) is 4.74 Å². The van der Waals surface area contributed by atoms with Crippen LogP contribution in [0.2, 0.25) is 0 Å². The van der Waals surface area contributed by atoms with Crippen molar-refractivity contribution in [2.75, 3.05) is 0 Å². The van der Waals surface area contributed by atoms with Crippen molar-refractivity contribution in [3.05, 3.63) is 119 Å². The molecule has 0 radical (unpaired) electrons. The van der Waals surface area contributed by atoms with Crippen LogP contribution in [0.25, 0.3) is 0 Å². The first-order valence-corrected chi connectivity index (χ1v) is 12.3. The molecule has 11 nitrogen and oxygen atoms in total. The second kappa shape index (κ2) is 10.5. The molecule has 2 heterocycles. The molecule has 0 spiro atoms. The van der Waals surface area contributed by atoms with Gasteiger partial charge in [0, 0.05) is 16.7 Å². The lowest BCUT2D eigenvalue weighted by Crippen LogP contribution is -2.71. The van der Waals surface area contributed by atoms with Crippen molar-refractivity contribution < 1.29 is 39.5 Å². The summed E-state index contributed by atoms with van der Waals surface area (Å²) in [6, 6.07) is 23.1. The molecular formula is C30H21N3O8. The van der Waals surface area contributed by atoms with Gasteiger partial charge in [-0.1, -0.05) is 91.0 Å². The van der Waals surface area contributed by atoms with Crippen LogP contribution in [-0.4, -0.2) is 73.5 Å². The number of ether oxygens (including phenoxy) is 1. The van der Waals surface area contributed by atoms with E-state index < -0.39 is 58.6 Å². The number of nitriles is 1. The minimum atomic E-state index is -3.35. The first-order valence-electron chi connectivity index (χ1n) is 12.3. The number of aliphatic hydroxyl groups excluding tert-OH is 1. The summed E-state index contributed by atoms with van der Waals surface area (Å²) in [6.07, 6.45) is -4.68. The number of nitrogens with zero attached hydrogens (tertiary/aromatic N) is 3. The lowest BCUT2D eigenvalue weighted by atomic mass is 9.69. The van der Waals surface area contributed by atoms with Gasteiger partial charge in [0.15, 0.2) is 17.3 Å². The van der Waals surface area contributed by atoms with Crippen LogP contribution in [0.1, 0.15) is 31.1 Å². The molecule has 0 saturated carbocycles. The molecule has 3 N–H and O–H groups in total. The van der Waals surface area contributed by atoms with E-state index in [2.05, 4.69) is 11.3 Å². The lowest BCUT2D eigenvalue weighted by molar-refractivity contribution is -0.336. The highest BCUT2D eigenvalue weighted by molar-refractivity contribution is 6.14. The fourth-order valence-corrected chi connectivity index (χ4v) is 4.95. The summed E-state index contributed by atoms with van der Waals surface area (Å²) < 4.78 is 5.78. The summed E-state index contributed by atoms with van der Waals surface area (Å²) in [6.45, 7) is 0. The van der Waals surface area contributed by atoms with Crippen LogP contribution >= 0.6 is 0 Å². The van der Waals surface area contributed by atoms with Gasteiger partial charge in [-0.15, -0.1) is 4.90 Å². The van der Waals surface area contributed by atoms with Crippen molar-refractivity contribution in [2.45, 2.75) is 29.6 Å². The highest BCUT2D eigenvalue weighted by atomic mass is 16.6. The van der Waals surface area contributed by atoms with E-state index >= 15 is 0 Å². The number of allylic oxidation sites excluding steroid dienone is 1. The zero-order chi connectivity index (χ0) is 29.4. The van der Waals surface area contributed by atoms with Crippen LogP contribution in [0.5, 0.6) is 0 Å². The minimum absolute atomic E-state index is 0.0232. The molecule has 0 amide bonds. The van der Waals surface area contributed by atoms with Crippen LogP contribution in [-0.2, 0) is 4.74 Å². The Kier molecular flexibility index (Phi) is 7.02. The van der Waals surface area contributed by atoms with Gasteiger partial charge in [0.25, 0.3) is 6.34 Å².